The van der Waals surface area contributed by atoms with Crippen molar-refractivity contribution in [3.05, 3.63) is 0 Å². The minimum Gasteiger partial charge on any atom is -0.393 e. The maximum Gasteiger partial charge on any atom is 0.248 e. The zero-order valence-electron chi connectivity index (χ0n) is 11.4. The third-order valence-electron chi connectivity index (χ3n) is 4.47. The van der Waals surface area contributed by atoms with Crippen LogP contribution in [0.1, 0.15) is 53.4 Å². The van der Waals surface area contributed by atoms with Gasteiger partial charge in [-0.2, -0.15) is 0 Å². The third-order valence-corrected chi connectivity index (χ3v) is 4.47. The number of halogens is 2. The molecule has 0 aromatic carbocycles. The molecule has 0 spiro atoms. The van der Waals surface area contributed by atoms with E-state index >= 15 is 0 Å². The van der Waals surface area contributed by atoms with Crippen molar-refractivity contribution in [1.29, 1.82) is 0 Å². The van der Waals surface area contributed by atoms with Crippen molar-refractivity contribution in [2.45, 2.75) is 65.4 Å². The van der Waals surface area contributed by atoms with E-state index in [1.807, 2.05) is 13.8 Å². The van der Waals surface area contributed by atoms with Crippen molar-refractivity contribution in [3.63, 3.8) is 0 Å². The first-order valence-corrected chi connectivity index (χ1v) is 6.77. The van der Waals surface area contributed by atoms with Gasteiger partial charge in [-0.3, -0.25) is 0 Å². The molecule has 4 atom stereocenters. The molecule has 17 heavy (non-hydrogen) atoms. The molecular weight excluding hydrogens is 222 g/mol. The summed E-state index contributed by atoms with van der Waals surface area (Å²) in [6, 6.07) is 0. The number of rotatable bonds is 0. The largest absolute Gasteiger partial charge is 0.393 e. The number of hydrogen-bond acceptors (Lipinski definition) is 1. The van der Waals surface area contributed by atoms with Crippen LogP contribution in [0.4, 0.5) is 8.78 Å². The van der Waals surface area contributed by atoms with Gasteiger partial charge in [0.05, 0.1) is 6.10 Å². The first-order chi connectivity index (χ1) is 7.71. The summed E-state index contributed by atoms with van der Waals surface area (Å²) < 4.78 is 24.9. The van der Waals surface area contributed by atoms with E-state index < -0.39 is 5.92 Å². The molecule has 0 aromatic rings. The second-order valence-electron chi connectivity index (χ2n) is 6.30. The van der Waals surface area contributed by atoms with Crippen molar-refractivity contribution < 1.29 is 13.9 Å². The van der Waals surface area contributed by atoms with Crippen molar-refractivity contribution >= 4 is 0 Å². The fourth-order valence-corrected chi connectivity index (χ4v) is 2.85. The number of alkyl halides is 2. The molecule has 3 heteroatoms. The van der Waals surface area contributed by atoms with Gasteiger partial charge in [0, 0.05) is 12.8 Å². The molecule has 1 N–H and O–H groups in total. The lowest BCUT2D eigenvalue weighted by Crippen LogP contribution is -2.08. The molecular formula is C14H26F2O. The molecule has 2 aliphatic rings. The molecule has 2 saturated carbocycles. The first kappa shape index (κ1) is 14.9. The Morgan fingerprint density at radius 1 is 0.824 bits per heavy atom. The lowest BCUT2D eigenvalue weighted by atomic mass is 10.0. The average molecular weight is 248 g/mol. The lowest BCUT2D eigenvalue weighted by Gasteiger charge is -2.04. The highest BCUT2D eigenvalue weighted by atomic mass is 19.3. The second-order valence-corrected chi connectivity index (χ2v) is 6.30. The van der Waals surface area contributed by atoms with Crippen LogP contribution in [-0.2, 0) is 0 Å². The summed E-state index contributed by atoms with van der Waals surface area (Å²) in [7, 11) is 0. The average Bonchev–Trinajstić information content (AvgIpc) is 2.54. The number of hydrogen-bond donors (Lipinski definition) is 1. The van der Waals surface area contributed by atoms with Gasteiger partial charge in [-0.1, -0.05) is 27.7 Å². The van der Waals surface area contributed by atoms with E-state index in [-0.39, 0.29) is 30.8 Å². The van der Waals surface area contributed by atoms with Gasteiger partial charge in [0.25, 0.3) is 0 Å². The standard InChI is InChI=1S/C7H12F2.C7H14O/c1-5-3-7(8,9)4-6(5)2;1-5-3-7(8)4-6(5)2/h5-6H,3-4H2,1-2H3;5-8H,3-4H2,1-2H3. The van der Waals surface area contributed by atoms with Crippen molar-refractivity contribution in [2.24, 2.45) is 23.7 Å². The van der Waals surface area contributed by atoms with Crippen molar-refractivity contribution in [2.75, 3.05) is 0 Å². The molecule has 0 aliphatic heterocycles. The minimum atomic E-state index is -2.36. The Morgan fingerprint density at radius 2 is 1.18 bits per heavy atom. The second kappa shape index (κ2) is 5.64. The highest BCUT2D eigenvalue weighted by Crippen LogP contribution is 2.42. The molecule has 0 saturated heterocycles. The summed E-state index contributed by atoms with van der Waals surface area (Å²) in [5.74, 6) is -0.464. The lowest BCUT2D eigenvalue weighted by molar-refractivity contribution is 0.00344. The Bertz CT molecular complexity index is 220. The van der Waals surface area contributed by atoms with E-state index in [0.29, 0.717) is 0 Å². The minimum absolute atomic E-state index is 0.000000000000000222. The maximum absolute atomic E-state index is 12.4. The van der Waals surface area contributed by atoms with Crippen LogP contribution in [0.2, 0.25) is 0 Å². The SMILES string of the molecule is CC1CC(F)(F)CC1C.CC1CC(O)CC1C. The molecule has 0 aromatic heterocycles. The van der Waals surface area contributed by atoms with Crippen LogP contribution < -0.4 is 0 Å². The van der Waals surface area contributed by atoms with E-state index in [9.17, 15) is 8.78 Å². The molecule has 2 rings (SSSR count). The van der Waals surface area contributed by atoms with Crippen LogP contribution in [0, 0.1) is 23.7 Å². The van der Waals surface area contributed by atoms with Crippen LogP contribution in [0.15, 0.2) is 0 Å². The third kappa shape index (κ3) is 4.53. The van der Waals surface area contributed by atoms with Gasteiger partial charge in [0.2, 0.25) is 5.92 Å². The quantitative estimate of drug-likeness (QED) is 0.684. The van der Waals surface area contributed by atoms with Crippen LogP contribution >= 0.6 is 0 Å². The summed E-state index contributed by atoms with van der Waals surface area (Å²) >= 11 is 0. The van der Waals surface area contributed by atoms with Gasteiger partial charge < -0.3 is 5.11 Å². The van der Waals surface area contributed by atoms with E-state index in [4.69, 9.17) is 5.11 Å². The van der Waals surface area contributed by atoms with Gasteiger partial charge in [-0.15, -0.1) is 0 Å². The molecule has 0 radical (unpaired) electrons. The number of aliphatic hydroxyl groups excluding tert-OH is 1. The Balaban J connectivity index is 0.000000171. The van der Waals surface area contributed by atoms with E-state index in [1.165, 1.54) is 0 Å². The highest BCUT2D eigenvalue weighted by molar-refractivity contribution is 4.83. The summed E-state index contributed by atoms with van der Waals surface area (Å²) in [6.45, 7) is 8.21. The Hall–Kier alpha value is -0.180. The van der Waals surface area contributed by atoms with E-state index in [0.717, 1.165) is 24.7 Å². The first-order valence-electron chi connectivity index (χ1n) is 6.77. The van der Waals surface area contributed by atoms with Crippen LogP contribution in [-0.4, -0.2) is 17.1 Å². The highest BCUT2D eigenvalue weighted by Gasteiger charge is 2.41. The van der Waals surface area contributed by atoms with E-state index in [1.54, 1.807) is 0 Å². The maximum atomic E-state index is 12.4. The number of aliphatic hydroxyl groups is 1. The van der Waals surface area contributed by atoms with Crippen molar-refractivity contribution in [1.82, 2.24) is 0 Å². The molecule has 2 aliphatic carbocycles. The molecule has 0 heterocycles. The summed E-state index contributed by atoms with van der Waals surface area (Å²) in [5, 5.41) is 9.07. The van der Waals surface area contributed by atoms with Crippen LogP contribution in [0.3, 0.4) is 0 Å². The Kier molecular flexibility index (Phi) is 4.94. The fourth-order valence-electron chi connectivity index (χ4n) is 2.85. The fraction of sp³-hybridized carbons (Fsp3) is 1.00. The summed E-state index contributed by atoms with van der Waals surface area (Å²) in [6.07, 6.45) is 2.21. The van der Waals surface area contributed by atoms with Gasteiger partial charge in [-0.25, -0.2) is 8.78 Å². The van der Waals surface area contributed by atoms with Gasteiger partial charge in [0.1, 0.15) is 0 Å². The normalized spacial score (nSPS) is 44.3. The Labute approximate surface area is 104 Å². The predicted octanol–water partition coefficient (Wildman–Crippen LogP) is 4.10. The van der Waals surface area contributed by atoms with Gasteiger partial charge in [0.15, 0.2) is 0 Å². The smallest absolute Gasteiger partial charge is 0.248 e. The topological polar surface area (TPSA) is 20.2 Å². The molecule has 4 unspecified atom stereocenters. The zero-order chi connectivity index (χ0) is 13.2. The molecule has 1 nitrogen and oxygen atoms in total. The molecule has 0 bridgehead atoms. The molecule has 2 fully saturated rings. The van der Waals surface area contributed by atoms with Crippen LogP contribution in [0.25, 0.3) is 0 Å². The molecule has 0 amide bonds. The van der Waals surface area contributed by atoms with E-state index in [2.05, 4.69) is 13.8 Å². The van der Waals surface area contributed by atoms with Crippen LogP contribution in [0.5, 0.6) is 0 Å². The van der Waals surface area contributed by atoms with Gasteiger partial charge >= 0.3 is 0 Å². The zero-order valence-corrected chi connectivity index (χ0v) is 11.4. The molecule has 102 valence electrons. The van der Waals surface area contributed by atoms with Gasteiger partial charge in [-0.05, 0) is 36.5 Å². The predicted molar refractivity (Wildman–Crippen MR) is 66.1 cm³/mol. The Morgan fingerprint density at radius 3 is 1.29 bits per heavy atom. The summed E-state index contributed by atoms with van der Waals surface area (Å²) in [4.78, 5) is 0. The summed E-state index contributed by atoms with van der Waals surface area (Å²) in [5.41, 5.74) is 0. The monoisotopic (exact) mass is 248 g/mol. The van der Waals surface area contributed by atoms with Crippen molar-refractivity contribution in [3.8, 4) is 0 Å².